The van der Waals surface area contributed by atoms with E-state index in [1.165, 1.54) is 11.8 Å². The third-order valence-corrected chi connectivity index (χ3v) is 5.26. The van der Waals surface area contributed by atoms with Crippen LogP contribution in [0, 0.1) is 0 Å². The SMILES string of the molecule is COc1ccc(-c2ccc(/C=C3\CN(CC(=O)O)C(=S)S3)o2)cc1Cl. The highest BCUT2D eigenvalue weighted by Gasteiger charge is 2.24. The second-order valence-corrected chi connectivity index (χ2v) is 7.45. The Balaban J connectivity index is 1.77. The van der Waals surface area contributed by atoms with Crippen LogP contribution in [0.15, 0.2) is 39.7 Å². The zero-order chi connectivity index (χ0) is 18.0. The summed E-state index contributed by atoms with van der Waals surface area (Å²) in [6, 6.07) is 9.15. The molecule has 1 N–H and O–H groups in total. The summed E-state index contributed by atoms with van der Waals surface area (Å²) in [7, 11) is 1.56. The molecule has 5 nitrogen and oxygen atoms in total. The minimum atomic E-state index is -0.902. The molecule has 0 saturated carbocycles. The van der Waals surface area contributed by atoms with Crippen molar-refractivity contribution in [1.82, 2.24) is 4.90 Å². The lowest BCUT2D eigenvalue weighted by molar-refractivity contribution is -0.137. The molecule has 2 heterocycles. The quantitative estimate of drug-likeness (QED) is 0.754. The number of carbonyl (C=O) groups is 1. The lowest BCUT2D eigenvalue weighted by Crippen LogP contribution is -2.29. The fourth-order valence-electron chi connectivity index (χ4n) is 2.38. The Labute approximate surface area is 159 Å². The van der Waals surface area contributed by atoms with Crippen LogP contribution in [0.25, 0.3) is 17.4 Å². The average Bonchev–Trinajstić information content (AvgIpc) is 3.14. The maximum atomic E-state index is 10.8. The molecule has 0 spiro atoms. The van der Waals surface area contributed by atoms with Crippen molar-refractivity contribution in [1.29, 1.82) is 0 Å². The van der Waals surface area contributed by atoms with E-state index < -0.39 is 5.97 Å². The average molecular weight is 396 g/mol. The van der Waals surface area contributed by atoms with Crippen molar-refractivity contribution in [2.24, 2.45) is 0 Å². The number of nitrogens with zero attached hydrogens (tertiary/aromatic N) is 1. The van der Waals surface area contributed by atoms with Crippen LogP contribution in [0.5, 0.6) is 5.75 Å². The van der Waals surface area contributed by atoms with Gasteiger partial charge in [0.25, 0.3) is 0 Å². The highest BCUT2D eigenvalue weighted by Crippen LogP contribution is 2.34. The number of benzene rings is 1. The van der Waals surface area contributed by atoms with E-state index in [0.29, 0.717) is 33.2 Å². The van der Waals surface area contributed by atoms with Gasteiger partial charge in [-0.15, -0.1) is 0 Å². The van der Waals surface area contributed by atoms with Gasteiger partial charge in [-0.2, -0.15) is 0 Å². The van der Waals surface area contributed by atoms with E-state index in [0.717, 1.165) is 10.5 Å². The van der Waals surface area contributed by atoms with Crippen LogP contribution in [-0.2, 0) is 4.79 Å². The number of thioether (sulfide) groups is 1. The minimum Gasteiger partial charge on any atom is -0.495 e. The monoisotopic (exact) mass is 395 g/mol. The molecule has 25 heavy (non-hydrogen) atoms. The lowest BCUT2D eigenvalue weighted by Gasteiger charge is -2.11. The van der Waals surface area contributed by atoms with E-state index in [-0.39, 0.29) is 6.54 Å². The van der Waals surface area contributed by atoms with Gasteiger partial charge in [0.2, 0.25) is 0 Å². The molecule has 1 aromatic carbocycles. The van der Waals surface area contributed by atoms with Crippen LogP contribution in [-0.4, -0.2) is 40.5 Å². The van der Waals surface area contributed by atoms with Gasteiger partial charge in [-0.25, -0.2) is 0 Å². The maximum absolute atomic E-state index is 10.8. The number of thiocarbonyl (C=S) groups is 1. The summed E-state index contributed by atoms with van der Waals surface area (Å²) < 4.78 is 11.5. The van der Waals surface area contributed by atoms with Crippen molar-refractivity contribution in [2.45, 2.75) is 0 Å². The van der Waals surface area contributed by atoms with Crippen molar-refractivity contribution in [3.05, 3.63) is 46.0 Å². The van der Waals surface area contributed by atoms with E-state index in [1.807, 2.05) is 24.3 Å². The van der Waals surface area contributed by atoms with E-state index in [4.69, 9.17) is 38.1 Å². The first-order valence-electron chi connectivity index (χ1n) is 7.29. The molecule has 0 atom stereocenters. The minimum absolute atomic E-state index is 0.100. The molecular weight excluding hydrogens is 382 g/mol. The van der Waals surface area contributed by atoms with Crippen molar-refractivity contribution < 1.29 is 19.1 Å². The second-order valence-electron chi connectivity index (χ2n) is 5.28. The van der Waals surface area contributed by atoms with Crippen LogP contribution in [0.3, 0.4) is 0 Å². The molecule has 0 unspecified atom stereocenters. The Morgan fingerprint density at radius 1 is 1.48 bits per heavy atom. The predicted molar refractivity (Wildman–Crippen MR) is 103 cm³/mol. The van der Waals surface area contributed by atoms with Crippen molar-refractivity contribution in [2.75, 3.05) is 20.2 Å². The van der Waals surface area contributed by atoms with Gasteiger partial charge in [0, 0.05) is 10.5 Å². The Morgan fingerprint density at radius 2 is 2.28 bits per heavy atom. The van der Waals surface area contributed by atoms with E-state index in [1.54, 1.807) is 24.1 Å². The molecule has 1 saturated heterocycles. The van der Waals surface area contributed by atoms with Crippen molar-refractivity contribution in [3.63, 3.8) is 0 Å². The van der Waals surface area contributed by atoms with Gasteiger partial charge in [0.1, 0.15) is 28.1 Å². The molecule has 0 radical (unpaired) electrons. The molecule has 1 aromatic heterocycles. The summed E-state index contributed by atoms with van der Waals surface area (Å²) >= 11 is 12.7. The van der Waals surface area contributed by atoms with Gasteiger partial charge in [-0.1, -0.05) is 35.6 Å². The predicted octanol–water partition coefficient (Wildman–Crippen LogP) is 4.37. The molecule has 1 fully saturated rings. The number of aliphatic carboxylic acids is 1. The Kier molecular flexibility index (Phi) is 5.36. The summed E-state index contributed by atoms with van der Waals surface area (Å²) in [4.78, 5) is 13.4. The standard InChI is InChI=1S/C17H14ClNO4S2/c1-22-15-4-2-10(6-13(15)18)14-5-3-11(23-14)7-12-8-19(9-16(20)21)17(24)25-12/h2-7H,8-9H2,1H3,(H,20,21)/b12-7+. The molecule has 0 aliphatic carbocycles. The second kappa shape index (κ2) is 7.51. The fourth-order valence-corrected chi connectivity index (χ4v) is 3.97. The number of hydrogen-bond acceptors (Lipinski definition) is 5. The van der Waals surface area contributed by atoms with E-state index in [9.17, 15) is 4.79 Å². The third-order valence-electron chi connectivity index (χ3n) is 3.52. The van der Waals surface area contributed by atoms with Crippen molar-refractivity contribution >= 4 is 51.9 Å². The van der Waals surface area contributed by atoms with Crippen molar-refractivity contribution in [3.8, 4) is 17.1 Å². The number of hydrogen-bond donors (Lipinski definition) is 1. The van der Waals surface area contributed by atoms with E-state index in [2.05, 4.69) is 0 Å². The first-order valence-corrected chi connectivity index (χ1v) is 8.89. The number of furan rings is 1. The number of carboxylic acids is 1. The van der Waals surface area contributed by atoms with Crippen LogP contribution in [0.2, 0.25) is 5.02 Å². The normalized spacial score (nSPS) is 15.8. The highest BCUT2D eigenvalue weighted by atomic mass is 35.5. The van der Waals surface area contributed by atoms with Crippen LogP contribution < -0.4 is 4.74 Å². The molecule has 8 heteroatoms. The van der Waals surface area contributed by atoms with Gasteiger partial charge < -0.3 is 19.2 Å². The number of rotatable bonds is 5. The molecule has 0 bridgehead atoms. The summed E-state index contributed by atoms with van der Waals surface area (Å²) in [6.07, 6.45) is 1.87. The maximum Gasteiger partial charge on any atom is 0.323 e. The fraction of sp³-hybridized carbons (Fsp3) is 0.176. The lowest BCUT2D eigenvalue weighted by atomic mass is 10.2. The molecule has 130 valence electrons. The highest BCUT2D eigenvalue weighted by molar-refractivity contribution is 8.25. The zero-order valence-electron chi connectivity index (χ0n) is 13.2. The molecule has 1 aliphatic heterocycles. The Morgan fingerprint density at radius 3 is 2.96 bits per heavy atom. The van der Waals surface area contributed by atoms with Gasteiger partial charge in [-0.05, 0) is 36.4 Å². The topological polar surface area (TPSA) is 62.9 Å². The Bertz CT molecular complexity index is 862. The number of halogens is 1. The van der Waals surface area contributed by atoms with Gasteiger partial charge in [0.05, 0.1) is 18.7 Å². The van der Waals surface area contributed by atoms with Crippen LogP contribution in [0.4, 0.5) is 0 Å². The first kappa shape index (κ1) is 17.8. The summed E-state index contributed by atoms with van der Waals surface area (Å²) in [5, 5.41) is 9.40. The van der Waals surface area contributed by atoms with Gasteiger partial charge >= 0.3 is 5.97 Å². The zero-order valence-corrected chi connectivity index (χ0v) is 15.6. The number of carboxylic acid groups (broad SMARTS) is 1. The van der Waals surface area contributed by atoms with Crippen LogP contribution >= 0.6 is 35.6 Å². The van der Waals surface area contributed by atoms with Gasteiger partial charge in [-0.3, -0.25) is 4.79 Å². The summed E-state index contributed by atoms with van der Waals surface area (Å²) in [5.74, 6) is 1.06. The smallest absolute Gasteiger partial charge is 0.323 e. The molecule has 3 rings (SSSR count). The number of ether oxygens (including phenoxy) is 1. The third kappa shape index (κ3) is 4.18. The largest absolute Gasteiger partial charge is 0.495 e. The molecular formula is C17H14ClNO4S2. The summed E-state index contributed by atoms with van der Waals surface area (Å²) in [6.45, 7) is 0.372. The first-order chi connectivity index (χ1) is 12.0. The van der Waals surface area contributed by atoms with E-state index >= 15 is 0 Å². The number of methoxy groups -OCH3 is 1. The van der Waals surface area contributed by atoms with Crippen LogP contribution in [0.1, 0.15) is 5.76 Å². The Hall–Kier alpha value is -1.96. The van der Waals surface area contributed by atoms with Gasteiger partial charge in [0.15, 0.2) is 0 Å². The molecule has 2 aromatic rings. The molecule has 1 aliphatic rings. The molecule has 0 amide bonds. The summed E-state index contributed by atoms with van der Waals surface area (Å²) in [5.41, 5.74) is 0.845.